The highest BCUT2D eigenvalue weighted by atomic mass is 16.5. The van der Waals surface area contributed by atoms with E-state index in [1.54, 1.807) is 13.8 Å². The van der Waals surface area contributed by atoms with Crippen molar-refractivity contribution in [3.8, 4) is 11.5 Å². The summed E-state index contributed by atoms with van der Waals surface area (Å²) in [4.78, 5) is 25.1. The van der Waals surface area contributed by atoms with Crippen molar-refractivity contribution in [3.05, 3.63) is 24.3 Å². The van der Waals surface area contributed by atoms with Crippen molar-refractivity contribution in [2.24, 2.45) is 0 Å². The van der Waals surface area contributed by atoms with Gasteiger partial charge in [-0.05, 0) is 52.2 Å². The molecular formula is C19H28N2O4. The maximum Gasteiger partial charge on any atom is 0.325 e. The molecule has 138 valence electrons. The monoisotopic (exact) mass is 348 g/mol. The summed E-state index contributed by atoms with van der Waals surface area (Å²) < 4.78 is 11.5. The van der Waals surface area contributed by atoms with Crippen LogP contribution < -0.4 is 14.8 Å². The van der Waals surface area contributed by atoms with Crippen LogP contribution in [-0.2, 0) is 4.79 Å². The topological polar surface area (TPSA) is 67.9 Å². The number of carbonyl (C=O) groups is 2. The second-order valence-electron chi connectivity index (χ2n) is 6.88. The van der Waals surface area contributed by atoms with E-state index in [4.69, 9.17) is 9.47 Å². The molecule has 0 unspecified atom stereocenters. The van der Waals surface area contributed by atoms with Crippen molar-refractivity contribution >= 4 is 11.9 Å². The highest BCUT2D eigenvalue weighted by Crippen LogP contribution is 2.21. The van der Waals surface area contributed by atoms with Gasteiger partial charge in [-0.25, -0.2) is 4.79 Å². The minimum absolute atomic E-state index is 0.170. The molecule has 0 aromatic heterocycles. The molecule has 0 bridgehead atoms. The van der Waals surface area contributed by atoms with Crippen molar-refractivity contribution in [2.75, 3.05) is 13.2 Å². The molecule has 0 radical (unpaired) electrons. The molecule has 0 aliphatic carbocycles. The smallest absolute Gasteiger partial charge is 0.325 e. The Bertz CT molecular complexity index is 615. The van der Waals surface area contributed by atoms with Gasteiger partial charge in [0, 0.05) is 12.6 Å². The van der Waals surface area contributed by atoms with Crippen molar-refractivity contribution < 1.29 is 19.1 Å². The summed E-state index contributed by atoms with van der Waals surface area (Å²) in [6, 6.07) is 7.28. The Kier molecular flexibility index (Phi) is 6.28. The fourth-order valence-corrected chi connectivity index (χ4v) is 2.54. The third kappa shape index (κ3) is 5.11. The number of hydrogen-bond donors (Lipinski definition) is 1. The van der Waals surface area contributed by atoms with E-state index in [2.05, 4.69) is 12.2 Å². The van der Waals surface area contributed by atoms with E-state index in [0.29, 0.717) is 19.6 Å². The van der Waals surface area contributed by atoms with Gasteiger partial charge >= 0.3 is 6.03 Å². The lowest BCUT2D eigenvalue weighted by Crippen LogP contribution is -2.40. The molecule has 0 saturated carbocycles. The van der Waals surface area contributed by atoms with E-state index >= 15 is 0 Å². The summed E-state index contributed by atoms with van der Waals surface area (Å²) in [5.41, 5.74) is -0.802. The Balaban J connectivity index is 1.72. The van der Waals surface area contributed by atoms with Crippen molar-refractivity contribution in [2.45, 2.75) is 58.6 Å². The lowest BCUT2D eigenvalue weighted by molar-refractivity contribution is -0.130. The summed E-state index contributed by atoms with van der Waals surface area (Å²) in [5, 5.41) is 2.68. The first-order valence-corrected chi connectivity index (χ1v) is 8.87. The molecule has 1 atom stereocenters. The lowest BCUT2D eigenvalue weighted by Gasteiger charge is -2.16. The maximum absolute atomic E-state index is 12.1. The zero-order valence-corrected chi connectivity index (χ0v) is 15.5. The number of hydrogen-bond acceptors (Lipinski definition) is 4. The zero-order valence-electron chi connectivity index (χ0n) is 15.5. The standard InChI is InChI=1S/C19H28N2O4/c1-5-14(2)25-16-10-8-9-15(13-16)24-12-7-6-11-21-17(22)19(3,4)20-18(21)23/h8-10,13-14H,5-7,11-12H2,1-4H3,(H,20,23)/t14-/m1/s1. The van der Waals surface area contributed by atoms with E-state index in [1.807, 2.05) is 31.2 Å². The fraction of sp³-hybridized carbons (Fsp3) is 0.579. The van der Waals surface area contributed by atoms with Crippen molar-refractivity contribution in [3.63, 3.8) is 0 Å². The van der Waals surface area contributed by atoms with Crippen LogP contribution in [0, 0.1) is 0 Å². The summed E-state index contributed by atoms with van der Waals surface area (Å²) in [7, 11) is 0. The molecule has 0 spiro atoms. The molecule has 2 rings (SSSR count). The Labute approximate surface area is 149 Å². The van der Waals surface area contributed by atoms with Gasteiger partial charge in [0.05, 0.1) is 12.7 Å². The summed E-state index contributed by atoms with van der Waals surface area (Å²) in [6.07, 6.45) is 2.58. The average Bonchev–Trinajstić information content (AvgIpc) is 2.76. The van der Waals surface area contributed by atoms with Gasteiger partial charge in [-0.15, -0.1) is 0 Å². The minimum Gasteiger partial charge on any atom is -0.493 e. The van der Waals surface area contributed by atoms with E-state index in [1.165, 1.54) is 4.90 Å². The van der Waals surface area contributed by atoms with Crippen LogP contribution in [0.1, 0.15) is 47.0 Å². The van der Waals surface area contributed by atoms with Gasteiger partial charge in [-0.2, -0.15) is 0 Å². The van der Waals surface area contributed by atoms with E-state index in [0.717, 1.165) is 24.3 Å². The van der Waals surface area contributed by atoms with Gasteiger partial charge in [-0.3, -0.25) is 9.69 Å². The number of nitrogens with one attached hydrogen (secondary N) is 1. The second-order valence-corrected chi connectivity index (χ2v) is 6.88. The molecule has 1 aliphatic heterocycles. The predicted octanol–water partition coefficient (Wildman–Crippen LogP) is 3.35. The first-order valence-electron chi connectivity index (χ1n) is 8.87. The number of imide groups is 1. The number of nitrogens with zero attached hydrogens (tertiary/aromatic N) is 1. The largest absolute Gasteiger partial charge is 0.493 e. The van der Waals surface area contributed by atoms with Gasteiger partial charge in [0.2, 0.25) is 0 Å². The molecule has 1 aliphatic rings. The number of benzene rings is 1. The highest BCUT2D eigenvalue weighted by Gasteiger charge is 2.43. The van der Waals surface area contributed by atoms with Crippen molar-refractivity contribution in [1.29, 1.82) is 0 Å². The quantitative estimate of drug-likeness (QED) is 0.549. The molecule has 1 aromatic rings. The van der Waals surface area contributed by atoms with Crippen LogP contribution in [-0.4, -0.2) is 41.6 Å². The van der Waals surface area contributed by atoms with Gasteiger partial charge in [0.15, 0.2) is 0 Å². The Hall–Kier alpha value is -2.24. The molecule has 1 heterocycles. The molecule has 1 saturated heterocycles. The molecular weight excluding hydrogens is 320 g/mol. The predicted molar refractivity (Wildman–Crippen MR) is 95.9 cm³/mol. The van der Waals surface area contributed by atoms with E-state index in [-0.39, 0.29) is 18.0 Å². The Morgan fingerprint density at radius 3 is 2.56 bits per heavy atom. The lowest BCUT2D eigenvalue weighted by atomic mass is 10.1. The molecule has 6 nitrogen and oxygen atoms in total. The first-order chi connectivity index (χ1) is 11.8. The molecule has 1 fully saturated rings. The second kappa shape index (κ2) is 8.23. The number of amides is 3. The number of carbonyl (C=O) groups excluding carboxylic acids is 2. The molecule has 1 N–H and O–H groups in total. The number of rotatable bonds is 9. The molecule has 1 aromatic carbocycles. The van der Waals surface area contributed by atoms with E-state index in [9.17, 15) is 9.59 Å². The van der Waals surface area contributed by atoms with Crippen LogP contribution in [0.2, 0.25) is 0 Å². The van der Waals surface area contributed by atoms with Crippen LogP contribution in [0.5, 0.6) is 11.5 Å². The van der Waals surface area contributed by atoms with Crippen LogP contribution in [0.25, 0.3) is 0 Å². The SMILES string of the molecule is CC[C@@H](C)Oc1cccc(OCCCCN2C(=O)NC(C)(C)C2=O)c1. The minimum atomic E-state index is -0.802. The van der Waals surface area contributed by atoms with Gasteiger partial charge in [0.1, 0.15) is 17.0 Å². The van der Waals surface area contributed by atoms with Crippen LogP contribution in [0.3, 0.4) is 0 Å². The number of ether oxygens (including phenoxy) is 2. The third-order valence-corrected chi connectivity index (χ3v) is 4.21. The first kappa shape index (κ1) is 19.1. The molecule has 3 amide bonds. The van der Waals surface area contributed by atoms with Crippen LogP contribution in [0.15, 0.2) is 24.3 Å². The van der Waals surface area contributed by atoms with Crippen LogP contribution >= 0.6 is 0 Å². The summed E-state index contributed by atoms with van der Waals surface area (Å²) in [6.45, 7) is 8.48. The summed E-state index contributed by atoms with van der Waals surface area (Å²) in [5.74, 6) is 1.39. The van der Waals surface area contributed by atoms with Gasteiger partial charge < -0.3 is 14.8 Å². The van der Waals surface area contributed by atoms with Gasteiger partial charge in [-0.1, -0.05) is 13.0 Å². The summed E-state index contributed by atoms with van der Waals surface area (Å²) >= 11 is 0. The zero-order chi connectivity index (χ0) is 18.4. The fourth-order valence-electron chi connectivity index (χ4n) is 2.54. The number of urea groups is 1. The molecule has 25 heavy (non-hydrogen) atoms. The molecule has 6 heteroatoms. The third-order valence-electron chi connectivity index (χ3n) is 4.21. The van der Waals surface area contributed by atoms with Gasteiger partial charge in [0.25, 0.3) is 5.91 Å². The Morgan fingerprint density at radius 1 is 1.20 bits per heavy atom. The number of unbranched alkanes of at least 4 members (excludes halogenated alkanes) is 1. The van der Waals surface area contributed by atoms with E-state index < -0.39 is 5.54 Å². The normalized spacial score (nSPS) is 17.4. The van der Waals surface area contributed by atoms with Crippen LogP contribution in [0.4, 0.5) is 4.79 Å². The maximum atomic E-state index is 12.1. The average molecular weight is 348 g/mol. The highest BCUT2D eigenvalue weighted by molar-refractivity contribution is 6.06. The van der Waals surface area contributed by atoms with Crippen molar-refractivity contribution in [1.82, 2.24) is 10.2 Å². The Morgan fingerprint density at radius 2 is 1.92 bits per heavy atom.